The summed E-state index contributed by atoms with van der Waals surface area (Å²) in [6, 6.07) is 14.7. The van der Waals surface area contributed by atoms with Crippen LogP contribution in [0.25, 0.3) is 0 Å². The molecule has 0 atom stereocenters. The fourth-order valence-corrected chi connectivity index (χ4v) is 2.45. The monoisotopic (exact) mass is 354 g/mol. The number of anilines is 1. The zero-order valence-corrected chi connectivity index (χ0v) is 15.4. The highest BCUT2D eigenvalue weighted by Gasteiger charge is 2.06. The predicted octanol–water partition coefficient (Wildman–Crippen LogP) is 3.80. The molecule has 2 amide bonds. The van der Waals surface area contributed by atoms with E-state index in [4.69, 9.17) is 4.74 Å². The SMILES string of the molecule is CCCNC(=O)c1ccc(NC(=O)CCc2ccc(OCC)cc2)cc1. The van der Waals surface area contributed by atoms with E-state index in [0.29, 0.717) is 37.2 Å². The van der Waals surface area contributed by atoms with Gasteiger partial charge in [-0.25, -0.2) is 0 Å². The number of aryl methyl sites for hydroxylation is 1. The van der Waals surface area contributed by atoms with Crippen LogP contribution in [0.4, 0.5) is 5.69 Å². The quantitative estimate of drug-likeness (QED) is 0.720. The molecule has 0 heterocycles. The lowest BCUT2D eigenvalue weighted by atomic mass is 10.1. The molecule has 2 aromatic rings. The Bertz CT molecular complexity index is 709. The summed E-state index contributed by atoms with van der Waals surface area (Å²) in [5.74, 6) is 0.686. The van der Waals surface area contributed by atoms with E-state index >= 15 is 0 Å². The smallest absolute Gasteiger partial charge is 0.251 e. The van der Waals surface area contributed by atoms with Gasteiger partial charge in [0.1, 0.15) is 5.75 Å². The van der Waals surface area contributed by atoms with Crippen molar-refractivity contribution in [2.24, 2.45) is 0 Å². The van der Waals surface area contributed by atoms with E-state index in [1.807, 2.05) is 38.1 Å². The minimum atomic E-state index is -0.0970. The third-order valence-electron chi connectivity index (χ3n) is 3.84. The fraction of sp³-hybridized carbons (Fsp3) is 0.333. The molecule has 5 nitrogen and oxygen atoms in total. The van der Waals surface area contributed by atoms with E-state index in [1.165, 1.54) is 0 Å². The lowest BCUT2D eigenvalue weighted by Crippen LogP contribution is -2.23. The topological polar surface area (TPSA) is 67.4 Å². The summed E-state index contributed by atoms with van der Waals surface area (Å²) in [4.78, 5) is 24.0. The molecule has 0 bridgehead atoms. The summed E-state index contributed by atoms with van der Waals surface area (Å²) in [5.41, 5.74) is 2.37. The standard InChI is InChI=1S/C21H26N2O3/c1-3-15-22-21(25)17-8-10-18(11-9-17)23-20(24)14-7-16-5-12-19(13-6-16)26-4-2/h5-6,8-13H,3-4,7,14-15H2,1-2H3,(H,22,25)(H,23,24). The summed E-state index contributed by atoms with van der Waals surface area (Å²) >= 11 is 0. The Morgan fingerprint density at radius 3 is 2.27 bits per heavy atom. The molecule has 0 aromatic heterocycles. The highest BCUT2D eigenvalue weighted by Crippen LogP contribution is 2.14. The van der Waals surface area contributed by atoms with Gasteiger partial charge in [-0.15, -0.1) is 0 Å². The number of hydrogen-bond acceptors (Lipinski definition) is 3. The van der Waals surface area contributed by atoms with Crippen LogP contribution in [0, 0.1) is 0 Å². The Kier molecular flexibility index (Phi) is 7.68. The van der Waals surface area contributed by atoms with Crippen molar-refractivity contribution in [3.63, 3.8) is 0 Å². The molecular formula is C21H26N2O3. The Hall–Kier alpha value is -2.82. The molecule has 0 aliphatic carbocycles. The maximum Gasteiger partial charge on any atom is 0.251 e. The Morgan fingerprint density at radius 2 is 1.65 bits per heavy atom. The predicted molar refractivity (Wildman–Crippen MR) is 104 cm³/mol. The summed E-state index contributed by atoms with van der Waals surface area (Å²) in [7, 11) is 0. The maximum atomic E-state index is 12.1. The summed E-state index contributed by atoms with van der Waals surface area (Å²) in [5, 5.41) is 5.68. The highest BCUT2D eigenvalue weighted by atomic mass is 16.5. The minimum absolute atomic E-state index is 0.0536. The fourth-order valence-electron chi connectivity index (χ4n) is 2.45. The number of benzene rings is 2. The van der Waals surface area contributed by atoms with Gasteiger partial charge in [0, 0.05) is 24.2 Å². The van der Waals surface area contributed by atoms with Crippen molar-refractivity contribution >= 4 is 17.5 Å². The van der Waals surface area contributed by atoms with Crippen molar-refractivity contribution < 1.29 is 14.3 Å². The van der Waals surface area contributed by atoms with Crippen molar-refractivity contribution in [3.8, 4) is 5.75 Å². The molecule has 0 unspecified atom stereocenters. The van der Waals surface area contributed by atoms with Crippen molar-refractivity contribution in [3.05, 3.63) is 59.7 Å². The van der Waals surface area contributed by atoms with Gasteiger partial charge < -0.3 is 15.4 Å². The lowest BCUT2D eigenvalue weighted by Gasteiger charge is -2.08. The Labute approximate surface area is 154 Å². The van der Waals surface area contributed by atoms with Crippen molar-refractivity contribution in [2.75, 3.05) is 18.5 Å². The van der Waals surface area contributed by atoms with E-state index in [-0.39, 0.29) is 11.8 Å². The van der Waals surface area contributed by atoms with E-state index in [0.717, 1.165) is 17.7 Å². The molecule has 0 radical (unpaired) electrons. The number of amides is 2. The van der Waals surface area contributed by atoms with E-state index in [1.54, 1.807) is 24.3 Å². The third kappa shape index (κ3) is 6.24. The second-order valence-corrected chi connectivity index (χ2v) is 5.96. The number of rotatable bonds is 9. The van der Waals surface area contributed by atoms with Crippen LogP contribution < -0.4 is 15.4 Å². The van der Waals surface area contributed by atoms with E-state index < -0.39 is 0 Å². The molecule has 2 N–H and O–H groups in total. The minimum Gasteiger partial charge on any atom is -0.494 e. The second kappa shape index (κ2) is 10.2. The zero-order valence-electron chi connectivity index (χ0n) is 15.4. The zero-order chi connectivity index (χ0) is 18.8. The molecule has 0 spiro atoms. The van der Waals surface area contributed by atoms with Gasteiger partial charge in [0.15, 0.2) is 0 Å². The second-order valence-electron chi connectivity index (χ2n) is 5.96. The average molecular weight is 354 g/mol. The first-order valence-electron chi connectivity index (χ1n) is 9.02. The van der Waals surface area contributed by atoms with Gasteiger partial charge in [-0.05, 0) is 61.7 Å². The Balaban J connectivity index is 1.81. The molecule has 2 aromatic carbocycles. The Morgan fingerprint density at radius 1 is 0.962 bits per heavy atom. The van der Waals surface area contributed by atoms with Gasteiger partial charge in [0.2, 0.25) is 5.91 Å². The summed E-state index contributed by atoms with van der Waals surface area (Å²) < 4.78 is 5.41. The van der Waals surface area contributed by atoms with Gasteiger partial charge in [0.05, 0.1) is 6.61 Å². The number of ether oxygens (including phenoxy) is 1. The molecule has 26 heavy (non-hydrogen) atoms. The molecule has 5 heteroatoms. The average Bonchev–Trinajstić information content (AvgIpc) is 2.66. The maximum absolute atomic E-state index is 12.1. The lowest BCUT2D eigenvalue weighted by molar-refractivity contribution is -0.116. The molecule has 2 rings (SSSR count). The van der Waals surface area contributed by atoms with Crippen molar-refractivity contribution in [1.82, 2.24) is 5.32 Å². The van der Waals surface area contributed by atoms with Gasteiger partial charge in [-0.1, -0.05) is 19.1 Å². The van der Waals surface area contributed by atoms with Crippen LogP contribution in [0.2, 0.25) is 0 Å². The van der Waals surface area contributed by atoms with E-state index in [2.05, 4.69) is 10.6 Å². The van der Waals surface area contributed by atoms with Crippen LogP contribution in [-0.4, -0.2) is 25.0 Å². The molecule has 0 fully saturated rings. The number of carbonyl (C=O) groups is 2. The number of hydrogen-bond donors (Lipinski definition) is 2. The van der Waals surface area contributed by atoms with Crippen LogP contribution in [0.1, 0.15) is 42.6 Å². The first-order chi connectivity index (χ1) is 12.6. The van der Waals surface area contributed by atoms with Crippen LogP contribution >= 0.6 is 0 Å². The molecule has 0 saturated carbocycles. The molecule has 138 valence electrons. The van der Waals surface area contributed by atoms with Crippen molar-refractivity contribution in [1.29, 1.82) is 0 Å². The van der Waals surface area contributed by atoms with Gasteiger partial charge in [-0.2, -0.15) is 0 Å². The normalized spacial score (nSPS) is 10.2. The van der Waals surface area contributed by atoms with Crippen LogP contribution in [0.15, 0.2) is 48.5 Å². The van der Waals surface area contributed by atoms with Gasteiger partial charge in [0.25, 0.3) is 5.91 Å². The van der Waals surface area contributed by atoms with Gasteiger partial charge >= 0.3 is 0 Å². The summed E-state index contributed by atoms with van der Waals surface area (Å²) in [6.07, 6.45) is 1.96. The molecule has 0 aliphatic heterocycles. The highest BCUT2D eigenvalue weighted by molar-refractivity contribution is 5.95. The third-order valence-corrected chi connectivity index (χ3v) is 3.84. The van der Waals surface area contributed by atoms with Crippen LogP contribution in [0.5, 0.6) is 5.75 Å². The largest absolute Gasteiger partial charge is 0.494 e. The van der Waals surface area contributed by atoms with Gasteiger partial charge in [-0.3, -0.25) is 9.59 Å². The summed E-state index contributed by atoms with van der Waals surface area (Å²) in [6.45, 7) is 5.25. The first-order valence-corrected chi connectivity index (χ1v) is 9.02. The molecule has 0 saturated heterocycles. The number of carbonyl (C=O) groups excluding carboxylic acids is 2. The molecule has 0 aliphatic rings. The van der Waals surface area contributed by atoms with E-state index in [9.17, 15) is 9.59 Å². The van der Waals surface area contributed by atoms with Crippen LogP contribution in [-0.2, 0) is 11.2 Å². The van der Waals surface area contributed by atoms with Crippen LogP contribution in [0.3, 0.4) is 0 Å². The first kappa shape index (κ1) is 19.5. The number of nitrogens with one attached hydrogen (secondary N) is 2. The molecular weight excluding hydrogens is 328 g/mol. The van der Waals surface area contributed by atoms with Crippen molar-refractivity contribution in [2.45, 2.75) is 33.1 Å².